The van der Waals surface area contributed by atoms with Crippen molar-refractivity contribution in [3.8, 4) is 11.4 Å². The van der Waals surface area contributed by atoms with Gasteiger partial charge in [-0.05, 0) is 37.3 Å². The van der Waals surface area contributed by atoms with Crippen LogP contribution in [0.1, 0.15) is 17.4 Å². The molecule has 2 amide bonds. The number of aromatic nitrogens is 2. The van der Waals surface area contributed by atoms with Gasteiger partial charge < -0.3 is 19.9 Å². The van der Waals surface area contributed by atoms with Crippen LogP contribution >= 0.6 is 0 Å². The highest BCUT2D eigenvalue weighted by Gasteiger charge is 2.17. The molecule has 0 saturated heterocycles. The summed E-state index contributed by atoms with van der Waals surface area (Å²) in [6.45, 7) is 1.66. The highest BCUT2D eigenvalue weighted by Crippen LogP contribution is 2.19. The quantitative estimate of drug-likeness (QED) is 0.302. The first-order chi connectivity index (χ1) is 11.3. The molecule has 24 heavy (non-hydrogen) atoms. The molecule has 1 heterocycles. The summed E-state index contributed by atoms with van der Waals surface area (Å²) in [5, 5.41) is 14.1. The lowest BCUT2D eigenvalue weighted by molar-refractivity contribution is -0.0437. The van der Waals surface area contributed by atoms with Crippen LogP contribution in [-0.4, -0.2) is 38.5 Å². The van der Waals surface area contributed by atoms with Crippen LogP contribution < -0.4 is 15.7 Å². The van der Waals surface area contributed by atoms with Gasteiger partial charge in [0, 0.05) is 5.69 Å². The number of urea groups is 1. The number of hydrogen-bond donors (Lipinski definition) is 3. The number of rotatable bonds is 6. The van der Waals surface area contributed by atoms with Crippen molar-refractivity contribution in [1.82, 2.24) is 14.8 Å². The molecule has 0 bridgehead atoms. The zero-order valence-corrected chi connectivity index (χ0v) is 13.8. The van der Waals surface area contributed by atoms with Crippen molar-refractivity contribution in [3.63, 3.8) is 0 Å². The van der Waals surface area contributed by atoms with Gasteiger partial charge in [0.2, 0.25) is 0 Å². The van der Waals surface area contributed by atoms with Gasteiger partial charge in [0.05, 0.1) is 29.7 Å². The van der Waals surface area contributed by atoms with Crippen LogP contribution in [0.3, 0.4) is 0 Å². The van der Waals surface area contributed by atoms with Crippen LogP contribution in [0, 0.1) is 6.92 Å². The molecule has 10 heteroatoms. The summed E-state index contributed by atoms with van der Waals surface area (Å²) >= 11 is 0. The number of carbonyl (C=O) groups excluding carboxylic acids is 1. The van der Waals surface area contributed by atoms with E-state index in [2.05, 4.69) is 11.0 Å². The largest absolute Gasteiger partial charge is 0.561 e. The molecule has 0 spiro atoms. The van der Waals surface area contributed by atoms with E-state index in [-0.39, 0.29) is 6.54 Å². The molecule has 130 valence electrons. The molecular weight excluding hydrogens is 334 g/mol. The van der Waals surface area contributed by atoms with E-state index in [9.17, 15) is 14.2 Å². The van der Waals surface area contributed by atoms with E-state index >= 15 is 0 Å². The Balaban J connectivity index is 2.20. The summed E-state index contributed by atoms with van der Waals surface area (Å²) in [6.07, 6.45) is 0. The van der Waals surface area contributed by atoms with Gasteiger partial charge in [-0.2, -0.15) is 11.0 Å². The van der Waals surface area contributed by atoms with Crippen LogP contribution in [0.25, 0.3) is 5.69 Å². The highest BCUT2D eigenvalue weighted by atomic mass is 32.2. The molecule has 1 unspecified atom stereocenters. The summed E-state index contributed by atoms with van der Waals surface area (Å²) in [6, 6.07) is 6.82. The van der Waals surface area contributed by atoms with E-state index in [1.165, 1.54) is 0 Å². The van der Waals surface area contributed by atoms with Crippen molar-refractivity contribution >= 4 is 22.6 Å². The lowest BCUT2D eigenvalue weighted by atomic mass is 10.2. The number of nitrogens with two attached hydrogens (primary N) is 2. The zero-order valence-electron chi connectivity index (χ0n) is 13.0. The summed E-state index contributed by atoms with van der Waals surface area (Å²) < 4.78 is 17.5. The van der Waals surface area contributed by atoms with Crippen molar-refractivity contribution in [2.24, 2.45) is 11.5 Å². The lowest BCUT2D eigenvalue weighted by Gasteiger charge is -2.15. The number of amides is 2. The van der Waals surface area contributed by atoms with Gasteiger partial charge in [0.1, 0.15) is 0 Å². The monoisotopic (exact) mass is 352 g/mol. The van der Waals surface area contributed by atoms with E-state index < -0.39 is 22.7 Å². The molecule has 1 aromatic carbocycles. The SMILES string of the molecule is C=[S-](=O)Oc1ccc(-n2nc(C(N)CN(O)C(N)=O)cc2C)cc1. The van der Waals surface area contributed by atoms with Crippen LogP contribution in [0.2, 0.25) is 0 Å². The molecule has 0 saturated carbocycles. The van der Waals surface area contributed by atoms with Gasteiger partial charge in [-0.25, -0.2) is 14.5 Å². The zero-order chi connectivity index (χ0) is 17.9. The molecule has 2 rings (SSSR count). The number of carbonyl (C=O) groups is 1. The molecule has 1 aromatic heterocycles. The molecular formula is C14H18N5O4S-. The Morgan fingerprint density at radius 1 is 1.50 bits per heavy atom. The number of primary amides is 1. The lowest BCUT2D eigenvalue weighted by Crippen LogP contribution is -2.38. The average Bonchev–Trinajstić information content (AvgIpc) is 2.89. The van der Waals surface area contributed by atoms with Crippen molar-refractivity contribution in [3.05, 3.63) is 41.7 Å². The molecule has 9 nitrogen and oxygen atoms in total. The third kappa shape index (κ3) is 4.25. The van der Waals surface area contributed by atoms with Gasteiger partial charge in [0.25, 0.3) is 0 Å². The van der Waals surface area contributed by atoms with E-state index in [0.29, 0.717) is 16.5 Å². The Bertz CT molecular complexity index is 792. The van der Waals surface area contributed by atoms with Gasteiger partial charge in [-0.3, -0.25) is 5.21 Å². The fourth-order valence-electron chi connectivity index (χ4n) is 2.06. The Labute approximate surface area is 140 Å². The standard InChI is InChI=1S/C14H18N5O4S/c1-9-7-13(12(15)8-18(21)14(16)20)17-19(9)10-3-5-11(6-4-10)23-24(2)22/h3-7,12,21H,2,8,15H2,1H3,(H2,16,20)/q-1. The van der Waals surface area contributed by atoms with Crippen molar-refractivity contribution < 1.29 is 18.4 Å². The molecule has 1 atom stereocenters. The first kappa shape index (κ1) is 17.8. The van der Waals surface area contributed by atoms with Gasteiger partial charge in [0.15, 0.2) is 0 Å². The van der Waals surface area contributed by atoms with Gasteiger partial charge in [-0.15, -0.1) is 10.7 Å². The van der Waals surface area contributed by atoms with E-state index in [1.807, 2.05) is 6.92 Å². The number of aryl methyl sites for hydroxylation is 1. The third-order valence-corrected chi connectivity index (χ3v) is 3.56. The van der Waals surface area contributed by atoms with Crippen LogP contribution in [-0.2, 0) is 14.9 Å². The molecule has 0 aliphatic carbocycles. The summed E-state index contributed by atoms with van der Waals surface area (Å²) in [7, 11) is -1.64. The molecule has 2 aromatic rings. The normalized spacial score (nSPS) is 12.2. The first-order valence-corrected chi connectivity index (χ1v) is 8.10. The number of hydroxylamine groups is 2. The molecule has 0 aliphatic rings. The second-order valence-corrected chi connectivity index (χ2v) is 5.80. The average molecular weight is 352 g/mol. The first-order valence-electron chi connectivity index (χ1n) is 6.86. The minimum atomic E-state index is -1.64. The summed E-state index contributed by atoms with van der Waals surface area (Å²) in [4.78, 5) is 10.8. The molecule has 5 N–H and O–H groups in total. The topological polar surface area (TPSA) is 137 Å². The Kier molecular flexibility index (Phi) is 5.44. The van der Waals surface area contributed by atoms with Crippen molar-refractivity contribution in [2.75, 3.05) is 6.54 Å². The van der Waals surface area contributed by atoms with Gasteiger partial charge >= 0.3 is 6.03 Å². The second-order valence-electron chi connectivity index (χ2n) is 5.03. The maximum Gasteiger partial charge on any atom is 0.338 e. The Hall–Kier alpha value is -2.56. The smallest absolute Gasteiger partial charge is 0.338 e. The second kappa shape index (κ2) is 7.34. The number of hydrogen-bond acceptors (Lipinski definition) is 7. The Morgan fingerprint density at radius 3 is 2.67 bits per heavy atom. The van der Waals surface area contributed by atoms with Gasteiger partial charge in [-0.1, -0.05) is 0 Å². The van der Waals surface area contributed by atoms with Crippen molar-refractivity contribution in [1.29, 1.82) is 0 Å². The fraction of sp³-hybridized carbons (Fsp3) is 0.214. The maximum atomic E-state index is 10.9. The fourth-order valence-corrected chi connectivity index (χ4v) is 2.39. The Morgan fingerprint density at radius 2 is 2.12 bits per heavy atom. The highest BCUT2D eigenvalue weighted by molar-refractivity contribution is 7.77. The van der Waals surface area contributed by atoms with Crippen molar-refractivity contribution in [2.45, 2.75) is 13.0 Å². The number of nitrogens with zero attached hydrogens (tertiary/aromatic N) is 3. The van der Waals surface area contributed by atoms with Crippen LogP contribution in [0.5, 0.6) is 5.75 Å². The number of benzene rings is 1. The van der Waals surface area contributed by atoms with E-state index in [1.54, 1.807) is 35.0 Å². The molecule has 0 aliphatic heterocycles. The molecule has 0 fully saturated rings. The predicted molar refractivity (Wildman–Crippen MR) is 89.1 cm³/mol. The summed E-state index contributed by atoms with van der Waals surface area (Å²) in [5.41, 5.74) is 12.9. The van der Waals surface area contributed by atoms with Crippen LogP contribution in [0.4, 0.5) is 4.79 Å². The van der Waals surface area contributed by atoms with E-state index in [4.69, 9.17) is 15.7 Å². The van der Waals surface area contributed by atoms with E-state index in [0.717, 1.165) is 11.4 Å². The summed E-state index contributed by atoms with van der Waals surface area (Å²) in [5.74, 6) is 3.67. The minimum absolute atomic E-state index is 0.173. The third-order valence-electron chi connectivity index (χ3n) is 3.18. The minimum Gasteiger partial charge on any atom is -0.561 e. The molecule has 0 radical (unpaired) electrons. The predicted octanol–water partition coefficient (Wildman–Crippen LogP) is 0.640. The maximum absolute atomic E-state index is 10.9. The van der Waals surface area contributed by atoms with Crippen LogP contribution in [0.15, 0.2) is 30.3 Å².